The van der Waals surface area contributed by atoms with Crippen LogP contribution in [0.15, 0.2) is 10.9 Å². The van der Waals surface area contributed by atoms with Crippen molar-refractivity contribution >= 4 is 28.2 Å². The van der Waals surface area contributed by atoms with Gasteiger partial charge in [0.05, 0.1) is 27.7 Å². The molecule has 6 heteroatoms. The number of aliphatic hydroxyl groups is 1. The molecule has 0 amide bonds. The molecule has 1 aliphatic rings. The Morgan fingerprint density at radius 1 is 1.15 bits per heavy atom. The zero-order chi connectivity index (χ0) is 20.2. The third kappa shape index (κ3) is 3.15. The summed E-state index contributed by atoms with van der Waals surface area (Å²) < 4.78 is 17.0. The summed E-state index contributed by atoms with van der Waals surface area (Å²) >= 11 is 6.71. The fourth-order valence-electron chi connectivity index (χ4n) is 4.13. The van der Waals surface area contributed by atoms with E-state index in [0.717, 1.165) is 11.3 Å². The molecule has 1 N–H and O–H groups in total. The highest BCUT2D eigenvalue weighted by Crippen LogP contribution is 2.40. The van der Waals surface area contributed by atoms with Gasteiger partial charge in [0, 0.05) is 30.4 Å². The number of hydrogen-bond acceptors (Lipinski definition) is 3. The van der Waals surface area contributed by atoms with E-state index in [1.165, 1.54) is 6.07 Å². The molecule has 0 spiro atoms. The van der Waals surface area contributed by atoms with Gasteiger partial charge in [0.15, 0.2) is 5.43 Å². The highest BCUT2D eigenvalue weighted by Gasteiger charge is 2.32. The number of nitrogens with zero attached hydrogens (tertiary/aromatic N) is 2. The number of aliphatic hydroxyl groups excluding tert-OH is 1. The Balaban J connectivity index is 2.49. The van der Waals surface area contributed by atoms with Crippen molar-refractivity contribution in [2.75, 3.05) is 18.0 Å². The van der Waals surface area contributed by atoms with Crippen LogP contribution in [0, 0.1) is 5.82 Å². The standard InChI is InChI=1S/C21H28ClFN2O2/c1-10(2)16-18(11(3)4)25(12(5)6)19-14(21(16)27)7-15(23)20(17(19)22)24-8-13(26)9-24/h7,10-13,26H,8-9H2,1-6H3. The van der Waals surface area contributed by atoms with Crippen LogP contribution in [0.2, 0.25) is 5.02 Å². The molecule has 0 saturated carbocycles. The van der Waals surface area contributed by atoms with Crippen LogP contribution in [0.25, 0.3) is 10.9 Å². The second kappa shape index (κ2) is 7.10. The van der Waals surface area contributed by atoms with Crippen LogP contribution in [0.5, 0.6) is 0 Å². The average Bonchev–Trinajstić information content (AvgIpc) is 2.52. The first kappa shape index (κ1) is 20.2. The average molecular weight is 395 g/mol. The maximum Gasteiger partial charge on any atom is 0.193 e. The lowest BCUT2D eigenvalue weighted by Gasteiger charge is -2.39. The molecule has 0 atom stereocenters. The minimum Gasteiger partial charge on any atom is -0.389 e. The van der Waals surface area contributed by atoms with Crippen LogP contribution in [0.1, 0.15) is 70.7 Å². The zero-order valence-corrected chi connectivity index (χ0v) is 17.6. The molecule has 0 bridgehead atoms. The normalized spacial score (nSPS) is 15.5. The number of fused-ring (bicyclic) bond motifs is 1. The first-order valence-corrected chi connectivity index (χ1v) is 9.97. The van der Waals surface area contributed by atoms with Gasteiger partial charge in [0.25, 0.3) is 0 Å². The summed E-state index contributed by atoms with van der Waals surface area (Å²) in [5, 5.41) is 10.2. The monoisotopic (exact) mass is 394 g/mol. The molecule has 27 heavy (non-hydrogen) atoms. The number of rotatable bonds is 4. The van der Waals surface area contributed by atoms with E-state index in [9.17, 15) is 14.3 Å². The fourth-order valence-corrected chi connectivity index (χ4v) is 4.53. The van der Waals surface area contributed by atoms with Gasteiger partial charge in [-0.05, 0) is 31.7 Å². The molecule has 4 nitrogen and oxygen atoms in total. The van der Waals surface area contributed by atoms with Gasteiger partial charge < -0.3 is 14.6 Å². The smallest absolute Gasteiger partial charge is 0.193 e. The zero-order valence-electron chi connectivity index (χ0n) is 16.8. The molecular formula is C21H28ClFN2O2. The first-order chi connectivity index (χ1) is 12.6. The Kier molecular flexibility index (Phi) is 5.30. The molecule has 3 rings (SSSR count). The van der Waals surface area contributed by atoms with Crippen LogP contribution < -0.4 is 10.3 Å². The maximum atomic E-state index is 14.9. The van der Waals surface area contributed by atoms with E-state index in [1.807, 2.05) is 27.7 Å². The second-order valence-corrected chi connectivity index (χ2v) is 8.76. The van der Waals surface area contributed by atoms with E-state index in [1.54, 1.807) is 4.90 Å². The van der Waals surface area contributed by atoms with Gasteiger partial charge >= 0.3 is 0 Å². The minimum absolute atomic E-state index is 0.0244. The first-order valence-electron chi connectivity index (χ1n) is 9.59. The Morgan fingerprint density at radius 2 is 1.74 bits per heavy atom. The molecule has 148 valence electrons. The van der Waals surface area contributed by atoms with E-state index in [4.69, 9.17) is 11.6 Å². The van der Waals surface area contributed by atoms with Crippen molar-refractivity contribution in [2.45, 2.75) is 65.5 Å². The number of hydrogen-bond donors (Lipinski definition) is 1. The van der Waals surface area contributed by atoms with E-state index in [-0.39, 0.29) is 34.0 Å². The van der Waals surface area contributed by atoms with Crippen molar-refractivity contribution in [3.63, 3.8) is 0 Å². The van der Waals surface area contributed by atoms with E-state index in [0.29, 0.717) is 24.0 Å². The van der Waals surface area contributed by atoms with Gasteiger partial charge in [-0.25, -0.2) is 4.39 Å². The summed E-state index contributed by atoms with van der Waals surface area (Å²) in [4.78, 5) is 15.0. The van der Waals surface area contributed by atoms with Gasteiger partial charge in [0.2, 0.25) is 0 Å². The summed E-state index contributed by atoms with van der Waals surface area (Å²) in [5.41, 5.74) is 2.41. The molecular weight excluding hydrogens is 367 g/mol. The lowest BCUT2D eigenvalue weighted by Crippen LogP contribution is -2.51. The van der Waals surface area contributed by atoms with Gasteiger partial charge in [-0.2, -0.15) is 0 Å². The Morgan fingerprint density at radius 3 is 2.19 bits per heavy atom. The summed E-state index contributed by atoms with van der Waals surface area (Å²) in [7, 11) is 0. The van der Waals surface area contributed by atoms with E-state index in [2.05, 4.69) is 18.4 Å². The lowest BCUT2D eigenvalue weighted by atomic mass is 9.91. The molecule has 0 unspecified atom stereocenters. The third-order valence-corrected chi connectivity index (χ3v) is 5.61. The van der Waals surface area contributed by atoms with Gasteiger partial charge in [0.1, 0.15) is 5.82 Å². The van der Waals surface area contributed by atoms with Crippen molar-refractivity contribution in [1.82, 2.24) is 4.57 Å². The Bertz CT molecular complexity index is 944. The van der Waals surface area contributed by atoms with Gasteiger partial charge in [-0.3, -0.25) is 4.79 Å². The second-order valence-electron chi connectivity index (χ2n) is 8.38. The van der Waals surface area contributed by atoms with Crippen LogP contribution in [0.3, 0.4) is 0 Å². The number of aromatic nitrogens is 1. The van der Waals surface area contributed by atoms with E-state index < -0.39 is 11.9 Å². The Hall–Kier alpha value is -1.59. The molecule has 0 aliphatic carbocycles. The predicted molar refractivity (Wildman–Crippen MR) is 110 cm³/mol. The summed E-state index contributed by atoms with van der Waals surface area (Å²) in [6.07, 6.45) is -0.474. The highest BCUT2D eigenvalue weighted by molar-refractivity contribution is 6.38. The maximum absolute atomic E-state index is 14.9. The van der Waals surface area contributed by atoms with Crippen LogP contribution in [0.4, 0.5) is 10.1 Å². The molecule has 0 radical (unpaired) electrons. The molecule has 1 aliphatic heterocycles. The predicted octanol–water partition coefficient (Wildman–Crippen LogP) is 4.80. The largest absolute Gasteiger partial charge is 0.389 e. The summed E-state index contributed by atoms with van der Waals surface area (Å²) in [6.45, 7) is 12.9. The summed E-state index contributed by atoms with van der Waals surface area (Å²) in [6, 6.07) is 1.37. The molecule has 1 fully saturated rings. The van der Waals surface area contributed by atoms with E-state index >= 15 is 0 Å². The molecule has 2 aromatic rings. The SMILES string of the molecule is CC(C)c1c(C(C)C)n(C(C)C)c2c(Cl)c(N3CC(O)C3)c(F)cc2c1=O. The van der Waals surface area contributed by atoms with Crippen LogP contribution in [-0.2, 0) is 0 Å². The number of pyridine rings is 1. The van der Waals surface area contributed by atoms with Crippen molar-refractivity contribution in [1.29, 1.82) is 0 Å². The van der Waals surface area contributed by atoms with Crippen LogP contribution in [-0.4, -0.2) is 28.9 Å². The van der Waals surface area contributed by atoms with Gasteiger partial charge in [-0.15, -0.1) is 0 Å². The van der Waals surface area contributed by atoms with Gasteiger partial charge in [-0.1, -0.05) is 39.3 Å². The molecule has 1 saturated heterocycles. The molecule has 1 aromatic heterocycles. The molecule has 1 aromatic carbocycles. The Labute approximate surface area is 164 Å². The van der Waals surface area contributed by atoms with Crippen molar-refractivity contribution in [2.24, 2.45) is 0 Å². The minimum atomic E-state index is -0.515. The molecule has 2 heterocycles. The fraction of sp³-hybridized carbons (Fsp3) is 0.571. The van der Waals surface area contributed by atoms with Crippen molar-refractivity contribution in [3.8, 4) is 0 Å². The summed E-state index contributed by atoms with van der Waals surface area (Å²) in [5.74, 6) is -0.368. The highest BCUT2D eigenvalue weighted by atomic mass is 35.5. The number of benzene rings is 1. The number of β-amino-alcohol motifs (C(OH)–C–C–N with tert-alkyl or cyclic N) is 1. The third-order valence-electron chi connectivity index (χ3n) is 5.25. The van der Waals surface area contributed by atoms with Crippen molar-refractivity contribution < 1.29 is 9.50 Å². The number of anilines is 1. The topological polar surface area (TPSA) is 45.5 Å². The van der Waals surface area contributed by atoms with Crippen LogP contribution >= 0.6 is 11.6 Å². The number of halogens is 2. The quantitative estimate of drug-likeness (QED) is 0.809. The van der Waals surface area contributed by atoms with Crippen molar-refractivity contribution in [3.05, 3.63) is 38.4 Å². The lowest BCUT2D eigenvalue weighted by molar-refractivity contribution is 0.141.